The number of hydrogen-bond acceptors (Lipinski definition) is 4. The number of aromatic nitrogens is 1. The summed E-state index contributed by atoms with van der Waals surface area (Å²) < 4.78 is 7.52. The van der Waals surface area contributed by atoms with Crippen LogP contribution in [0.4, 0.5) is 0 Å². The summed E-state index contributed by atoms with van der Waals surface area (Å²) in [5.74, 6) is 0.0653. The summed E-state index contributed by atoms with van der Waals surface area (Å²) in [6.45, 7) is 4.20. The van der Waals surface area contributed by atoms with Crippen LogP contribution < -0.4 is 0 Å². The lowest BCUT2D eigenvalue weighted by Crippen LogP contribution is -2.49. The Labute approximate surface area is 125 Å². The lowest BCUT2D eigenvalue weighted by Gasteiger charge is -2.33. The summed E-state index contributed by atoms with van der Waals surface area (Å²) in [5.41, 5.74) is 1.79. The van der Waals surface area contributed by atoms with Gasteiger partial charge >= 0.3 is 0 Å². The quantitative estimate of drug-likeness (QED) is 0.759. The van der Waals surface area contributed by atoms with Gasteiger partial charge in [-0.15, -0.1) is 0 Å². The third kappa shape index (κ3) is 3.71. The predicted molar refractivity (Wildman–Crippen MR) is 79.1 cm³/mol. The zero-order valence-corrected chi connectivity index (χ0v) is 13.1. The van der Waals surface area contributed by atoms with Gasteiger partial charge < -0.3 is 14.2 Å². The highest BCUT2D eigenvalue weighted by Crippen LogP contribution is 2.14. The van der Waals surface area contributed by atoms with Gasteiger partial charge in [0, 0.05) is 58.2 Å². The second-order valence-corrected chi connectivity index (χ2v) is 5.71. The average Bonchev–Trinajstić information content (AvgIpc) is 2.80. The minimum Gasteiger partial charge on any atom is -0.366 e. The SMILES string of the molecule is CC(=O)c1cc(CN2CCO[C@H](C(=O)N(C)C)C2)n(C)c1. The normalized spacial score (nSPS) is 19.5. The van der Waals surface area contributed by atoms with E-state index in [1.807, 2.05) is 23.9 Å². The van der Waals surface area contributed by atoms with Gasteiger partial charge in [0.15, 0.2) is 5.78 Å². The molecule has 0 unspecified atom stereocenters. The molecule has 0 spiro atoms. The Kier molecular flexibility index (Phi) is 4.80. The molecule has 0 aromatic carbocycles. The standard InChI is InChI=1S/C15H23N3O3/c1-11(19)12-7-13(17(4)8-12)9-18-5-6-21-14(10-18)15(20)16(2)3/h7-8,14H,5-6,9-10H2,1-4H3/t14-/m0/s1. The summed E-state index contributed by atoms with van der Waals surface area (Å²) in [7, 11) is 5.41. The number of ketones is 1. The van der Waals surface area contributed by atoms with Gasteiger partial charge in [-0.25, -0.2) is 0 Å². The second kappa shape index (κ2) is 6.41. The van der Waals surface area contributed by atoms with Gasteiger partial charge in [-0.3, -0.25) is 14.5 Å². The van der Waals surface area contributed by atoms with Crippen molar-refractivity contribution >= 4 is 11.7 Å². The van der Waals surface area contributed by atoms with E-state index >= 15 is 0 Å². The molecule has 1 atom stereocenters. The maximum atomic E-state index is 12.0. The number of Topliss-reactive ketones (excluding diaryl/α,β-unsaturated/α-hetero) is 1. The number of ether oxygens (including phenoxy) is 1. The van der Waals surface area contributed by atoms with Crippen molar-refractivity contribution in [2.45, 2.75) is 19.6 Å². The van der Waals surface area contributed by atoms with Crippen LogP contribution >= 0.6 is 0 Å². The monoisotopic (exact) mass is 293 g/mol. The first-order valence-corrected chi connectivity index (χ1v) is 7.09. The van der Waals surface area contributed by atoms with E-state index in [1.165, 1.54) is 0 Å². The summed E-state index contributed by atoms with van der Waals surface area (Å²) in [5, 5.41) is 0. The Morgan fingerprint density at radius 2 is 2.14 bits per heavy atom. The van der Waals surface area contributed by atoms with E-state index in [0.717, 1.165) is 17.8 Å². The number of morpholine rings is 1. The number of amides is 1. The van der Waals surface area contributed by atoms with Gasteiger partial charge in [-0.1, -0.05) is 0 Å². The Bertz CT molecular complexity index is 536. The molecular weight excluding hydrogens is 270 g/mol. The minimum absolute atomic E-state index is 0.00370. The fourth-order valence-electron chi connectivity index (χ4n) is 2.47. The van der Waals surface area contributed by atoms with Gasteiger partial charge in [-0.2, -0.15) is 0 Å². The summed E-state index contributed by atoms with van der Waals surface area (Å²) in [4.78, 5) is 27.2. The summed E-state index contributed by atoms with van der Waals surface area (Å²) in [6.07, 6.45) is 1.45. The van der Waals surface area contributed by atoms with Crippen LogP contribution in [0.5, 0.6) is 0 Å². The van der Waals surface area contributed by atoms with Crippen LogP contribution in [0.2, 0.25) is 0 Å². The molecular formula is C15H23N3O3. The number of nitrogens with zero attached hydrogens (tertiary/aromatic N) is 3. The largest absolute Gasteiger partial charge is 0.366 e. The summed E-state index contributed by atoms with van der Waals surface area (Å²) in [6, 6.07) is 1.92. The van der Waals surface area contributed by atoms with Crippen LogP contribution in [0, 0.1) is 0 Å². The summed E-state index contributed by atoms with van der Waals surface area (Å²) >= 11 is 0. The third-order valence-electron chi connectivity index (χ3n) is 3.77. The molecule has 1 aliphatic heterocycles. The van der Waals surface area contributed by atoms with E-state index in [4.69, 9.17) is 4.74 Å². The number of aryl methyl sites for hydroxylation is 1. The molecule has 1 fully saturated rings. The van der Waals surface area contributed by atoms with Crippen LogP contribution in [0.15, 0.2) is 12.3 Å². The molecule has 21 heavy (non-hydrogen) atoms. The Balaban J connectivity index is 2.02. The van der Waals surface area contributed by atoms with Crippen LogP contribution in [0.3, 0.4) is 0 Å². The first-order valence-electron chi connectivity index (χ1n) is 7.09. The molecule has 0 N–H and O–H groups in total. The number of carbonyl (C=O) groups excluding carboxylic acids is 2. The van der Waals surface area contributed by atoms with Crippen molar-refractivity contribution in [1.29, 1.82) is 0 Å². The highest BCUT2D eigenvalue weighted by Gasteiger charge is 2.28. The molecule has 2 rings (SSSR count). The van der Waals surface area contributed by atoms with Gasteiger partial charge in [0.25, 0.3) is 5.91 Å². The molecule has 0 radical (unpaired) electrons. The van der Waals surface area contributed by atoms with Crippen LogP contribution in [0.1, 0.15) is 23.0 Å². The number of carbonyl (C=O) groups is 2. The predicted octanol–water partition coefficient (Wildman–Crippen LogP) is 0.517. The molecule has 0 bridgehead atoms. The van der Waals surface area contributed by atoms with Crippen LogP contribution in [0.25, 0.3) is 0 Å². The maximum absolute atomic E-state index is 12.0. The van der Waals surface area contributed by atoms with Gasteiger partial charge in [-0.05, 0) is 13.0 Å². The van der Waals surface area contributed by atoms with Crippen molar-refractivity contribution in [3.8, 4) is 0 Å². The van der Waals surface area contributed by atoms with E-state index in [9.17, 15) is 9.59 Å². The van der Waals surface area contributed by atoms with Crippen molar-refractivity contribution in [3.05, 3.63) is 23.5 Å². The molecule has 1 saturated heterocycles. The zero-order chi connectivity index (χ0) is 15.6. The highest BCUT2D eigenvalue weighted by atomic mass is 16.5. The number of rotatable bonds is 4. The van der Waals surface area contributed by atoms with E-state index in [-0.39, 0.29) is 11.7 Å². The lowest BCUT2D eigenvalue weighted by molar-refractivity contribution is -0.147. The van der Waals surface area contributed by atoms with Crippen molar-refractivity contribution < 1.29 is 14.3 Å². The molecule has 1 aromatic heterocycles. The average molecular weight is 293 g/mol. The zero-order valence-electron chi connectivity index (χ0n) is 13.1. The first-order chi connectivity index (χ1) is 9.88. The van der Waals surface area contributed by atoms with E-state index < -0.39 is 6.10 Å². The fraction of sp³-hybridized carbons (Fsp3) is 0.600. The fourth-order valence-corrected chi connectivity index (χ4v) is 2.47. The Morgan fingerprint density at radius 3 is 2.71 bits per heavy atom. The molecule has 1 aliphatic rings. The van der Waals surface area contributed by atoms with Gasteiger partial charge in [0.05, 0.1) is 6.61 Å². The second-order valence-electron chi connectivity index (χ2n) is 5.71. The van der Waals surface area contributed by atoms with Crippen molar-refractivity contribution in [1.82, 2.24) is 14.4 Å². The molecule has 6 heteroatoms. The molecule has 1 aromatic rings. The molecule has 116 valence electrons. The number of likely N-dealkylation sites (N-methyl/N-ethyl adjacent to an activating group) is 1. The van der Waals surface area contributed by atoms with Crippen LogP contribution in [-0.4, -0.2) is 66.0 Å². The minimum atomic E-state index is -0.402. The maximum Gasteiger partial charge on any atom is 0.252 e. The van der Waals surface area contributed by atoms with Gasteiger partial charge in [0.1, 0.15) is 6.10 Å². The molecule has 2 heterocycles. The van der Waals surface area contributed by atoms with Crippen molar-refractivity contribution in [2.24, 2.45) is 7.05 Å². The highest BCUT2D eigenvalue weighted by molar-refractivity contribution is 5.94. The smallest absolute Gasteiger partial charge is 0.252 e. The molecule has 6 nitrogen and oxygen atoms in total. The van der Waals surface area contributed by atoms with E-state index in [1.54, 1.807) is 25.9 Å². The molecule has 0 saturated carbocycles. The van der Waals surface area contributed by atoms with Gasteiger partial charge in [0.2, 0.25) is 0 Å². The third-order valence-corrected chi connectivity index (χ3v) is 3.77. The topological polar surface area (TPSA) is 54.8 Å². The van der Waals surface area contributed by atoms with Crippen molar-refractivity contribution in [3.63, 3.8) is 0 Å². The molecule has 0 aliphatic carbocycles. The Hall–Kier alpha value is -1.66. The Morgan fingerprint density at radius 1 is 1.43 bits per heavy atom. The van der Waals surface area contributed by atoms with E-state index in [2.05, 4.69) is 4.90 Å². The van der Waals surface area contributed by atoms with Crippen LogP contribution in [-0.2, 0) is 23.1 Å². The first kappa shape index (κ1) is 15.7. The van der Waals surface area contributed by atoms with E-state index in [0.29, 0.717) is 19.7 Å². The van der Waals surface area contributed by atoms with Crippen molar-refractivity contribution in [2.75, 3.05) is 33.8 Å². The lowest BCUT2D eigenvalue weighted by atomic mass is 10.2. The molecule has 1 amide bonds. The number of hydrogen-bond donors (Lipinski definition) is 0.